The standard InChI is InChI=1S/C12H17N3O3S/c13-10-4-3-5-11(8-10)19(17,18)14-9-12(16)15-6-1-2-7-15/h3-5,8,14H,1-2,6-7,9,13H2. The smallest absolute Gasteiger partial charge is 0.241 e. The van der Waals surface area contributed by atoms with Crippen LogP contribution in [0.5, 0.6) is 0 Å². The fourth-order valence-corrected chi connectivity index (χ4v) is 3.03. The predicted molar refractivity (Wildman–Crippen MR) is 71.9 cm³/mol. The summed E-state index contributed by atoms with van der Waals surface area (Å²) in [5, 5.41) is 0. The molecule has 1 saturated heterocycles. The van der Waals surface area contributed by atoms with Crippen LogP contribution < -0.4 is 10.5 Å². The van der Waals surface area contributed by atoms with Crippen molar-refractivity contribution < 1.29 is 13.2 Å². The first kappa shape index (κ1) is 13.8. The van der Waals surface area contributed by atoms with Crippen molar-refractivity contribution in [1.29, 1.82) is 0 Å². The number of nitrogens with one attached hydrogen (secondary N) is 1. The van der Waals surface area contributed by atoms with Crippen LogP contribution in [0.25, 0.3) is 0 Å². The average molecular weight is 283 g/mol. The zero-order valence-corrected chi connectivity index (χ0v) is 11.3. The number of nitrogens with zero attached hydrogens (tertiary/aromatic N) is 1. The molecule has 2 rings (SSSR count). The molecular weight excluding hydrogens is 266 g/mol. The van der Waals surface area contributed by atoms with E-state index >= 15 is 0 Å². The third kappa shape index (κ3) is 3.45. The zero-order valence-electron chi connectivity index (χ0n) is 10.5. The Morgan fingerprint density at radius 1 is 1.32 bits per heavy atom. The van der Waals surface area contributed by atoms with E-state index in [1.54, 1.807) is 17.0 Å². The van der Waals surface area contributed by atoms with Crippen molar-refractivity contribution >= 4 is 21.6 Å². The number of carbonyl (C=O) groups is 1. The van der Waals surface area contributed by atoms with Crippen LogP contribution in [0.3, 0.4) is 0 Å². The van der Waals surface area contributed by atoms with E-state index in [1.165, 1.54) is 12.1 Å². The van der Waals surface area contributed by atoms with Gasteiger partial charge in [0.05, 0.1) is 11.4 Å². The largest absolute Gasteiger partial charge is 0.399 e. The number of nitrogens with two attached hydrogens (primary N) is 1. The summed E-state index contributed by atoms with van der Waals surface area (Å²) in [6, 6.07) is 5.97. The van der Waals surface area contributed by atoms with E-state index in [0.717, 1.165) is 12.8 Å². The molecule has 0 aliphatic carbocycles. The summed E-state index contributed by atoms with van der Waals surface area (Å²) in [5.41, 5.74) is 5.91. The highest BCUT2D eigenvalue weighted by atomic mass is 32.2. The van der Waals surface area contributed by atoms with Crippen LogP contribution in [0, 0.1) is 0 Å². The minimum atomic E-state index is -3.68. The third-order valence-corrected chi connectivity index (χ3v) is 4.44. The van der Waals surface area contributed by atoms with Gasteiger partial charge in [-0.25, -0.2) is 13.1 Å². The summed E-state index contributed by atoms with van der Waals surface area (Å²) < 4.78 is 26.2. The minimum absolute atomic E-state index is 0.0710. The monoisotopic (exact) mass is 283 g/mol. The van der Waals surface area contributed by atoms with Gasteiger partial charge in [0.2, 0.25) is 15.9 Å². The van der Waals surface area contributed by atoms with Crippen molar-refractivity contribution in [3.05, 3.63) is 24.3 Å². The van der Waals surface area contributed by atoms with Gasteiger partial charge in [0.1, 0.15) is 0 Å². The zero-order chi connectivity index (χ0) is 13.9. The maximum absolute atomic E-state index is 12.0. The summed E-state index contributed by atoms with van der Waals surface area (Å²) in [4.78, 5) is 13.5. The van der Waals surface area contributed by atoms with Crippen molar-refractivity contribution in [3.8, 4) is 0 Å². The van der Waals surface area contributed by atoms with Gasteiger partial charge >= 0.3 is 0 Å². The fraction of sp³-hybridized carbons (Fsp3) is 0.417. The molecule has 3 N–H and O–H groups in total. The molecule has 7 heteroatoms. The molecule has 0 saturated carbocycles. The molecule has 0 atom stereocenters. The summed E-state index contributed by atoms with van der Waals surface area (Å²) >= 11 is 0. The number of nitrogen functional groups attached to an aromatic ring is 1. The summed E-state index contributed by atoms with van der Waals surface area (Å²) in [7, 11) is -3.68. The van der Waals surface area contributed by atoms with Gasteiger partial charge in [0, 0.05) is 18.8 Å². The molecule has 0 aromatic heterocycles. The molecule has 0 bridgehead atoms. The molecule has 0 radical (unpaired) electrons. The first-order valence-electron chi connectivity index (χ1n) is 6.12. The van der Waals surface area contributed by atoms with Gasteiger partial charge in [0.15, 0.2) is 0 Å². The van der Waals surface area contributed by atoms with Gasteiger partial charge in [-0.2, -0.15) is 0 Å². The first-order valence-corrected chi connectivity index (χ1v) is 7.60. The van der Waals surface area contributed by atoms with Crippen molar-refractivity contribution in [2.45, 2.75) is 17.7 Å². The second kappa shape index (κ2) is 5.58. The number of hydrogen-bond donors (Lipinski definition) is 2. The van der Waals surface area contributed by atoms with Crippen LogP contribution in [0.15, 0.2) is 29.2 Å². The van der Waals surface area contributed by atoms with E-state index in [1.807, 2.05) is 0 Å². The van der Waals surface area contributed by atoms with Gasteiger partial charge in [-0.15, -0.1) is 0 Å². The van der Waals surface area contributed by atoms with Crippen LogP contribution in [0.4, 0.5) is 5.69 Å². The highest BCUT2D eigenvalue weighted by Gasteiger charge is 2.21. The maximum atomic E-state index is 12.0. The van der Waals surface area contributed by atoms with Gasteiger partial charge in [-0.05, 0) is 31.0 Å². The van der Waals surface area contributed by atoms with Crippen LogP contribution >= 0.6 is 0 Å². The van der Waals surface area contributed by atoms with Gasteiger partial charge in [-0.1, -0.05) is 6.07 Å². The van der Waals surface area contributed by atoms with E-state index in [9.17, 15) is 13.2 Å². The lowest BCUT2D eigenvalue weighted by atomic mass is 10.3. The van der Waals surface area contributed by atoms with E-state index < -0.39 is 10.0 Å². The first-order chi connectivity index (χ1) is 8.99. The molecule has 1 aromatic rings. The lowest BCUT2D eigenvalue weighted by molar-refractivity contribution is -0.128. The number of rotatable bonds is 4. The number of benzene rings is 1. The van der Waals surface area contributed by atoms with Gasteiger partial charge in [-0.3, -0.25) is 4.79 Å². The Balaban J connectivity index is 1.99. The molecule has 1 heterocycles. The van der Waals surface area contributed by atoms with Crippen molar-refractivity contribution in [3.63, 3.8) is 0 Å². The lowest BCUT2D eigenvalue weighted by Crippen LogP contribution is -2.38. The number of amides is 1. The van der Waals surface area contributed by atoms with Crippen molar-refractivity contribution in [1.82, 2.24) is 9.62 Å². The molecule has 1 aliphatic rings. The van der Waals surface area contributed by atoms with E-state index in [0.29, 0.717) is 18.8 Å². The van der Waals surface area contributed by atoms with Gasteiger partial charge < -0.3 is 10.6 Å². The Hall–Kier alpha value is -1.60. The summed E-state index contributed by atoms with van der Waals surface area (Å²) in [6.45, 7) is 1.20. The molecule has 0 unspecified atom stereocenters. The number of carbonyl (C=O) groups excluding carboxylic acids is 1. The van der Waals surface area contributed by atoms with Gasteiger partial charge in [0.25, 0.3) is 0 Å². The van der Waals surface area contributed by atoms with Crippen LogP contribution in [0.1, 0.15) is 12.8 Å². The Morgan fingerprint density at radius 3 is 2.63 bits per heavy atom. The Kier molecular flexibility index (Phi) is 4.06. The SMILES string of the molecule is Nc1cccc(S(=O)(=O)NCC(=O)N2CCCC2)c1. The van der Waals surface area contributed by atoms with Crippen LogP contribution in [0.2, 0.25) is 0 Å². The number of hydrogen-bond acceptors (Lipinski definition) is 4. The topological polar surface area (TPSA) is 92.5 Å². The van der Waals surface area contributed by atoms with E-state index in [4.69, 9.17) is 5.73 Å². The van der Waals surface area contributed by atoms with Crippen LogP contribution in [-0.4, -0.2) is 38.9 Å². The molecular formula is C12H17N3O3S. The molecule has 1 aromatic carbocycles. The Bertz CT molecular complexity index is 565. The molecule has 104 valence electrons. The maximum Gasteiger partial charge on any atom is 0.241 e. The molecule has 1 amide bonds. The second-order valence-corrected chi connectivity index (χ2v) is 6.25. The van der Waals surface area contributed by atoms with E-state index in [-0.39, 0.29) is 17.3 Å². The Labute approximate surface area is 112 Å². The molecule has 6 nitrogen and oxygen atoms in total. The predicted octanol–water partition coefficient (Wildman–Crippen LogP) is 0.169. The number of likely N-dealkylation sites (tertiary alicyclic amines) is 1. The average Bonchev–Trinajstić information content (AvgIpc) is 2.90. The molecule has 0 spiro atoms. The highest BCUT2D eigenvalue weighted by molar-refractivity contribution is 7.89. The molecule has 19 heavy (non-hydrogen) atoms. The third-order valence-electron chi connectivity index (χ3n) is 3.04. The highest BCUT2D eigenvalue weighted by Crippen LogP contribution is 2.12. The number of sulfonamides is 1. The fourth-order valence-electron chi connectivity index (χ4n) is 2.00. The van der Waals surface area contributed by atoms with E-state index in [2.05, 4.69) is 4.72 Å². The summed E-state index contributed by atoms with van der Waals surface area (Å²) in [5.74, 6) is -0.190. The Morgan fingerprint density at radius 2 is 2.00 bits per heavy atom. The minimum Gasteiger partial charge on any atom is -0.399 e. The van der Waals surface area contributed by atoms with Crippen molar-refractivity contribution in [2.24, 2.45) is 0 Å². The number of anilines is 1. The molecule has 1 aliphatic heterocycles. The van der Waals surface area contributed by atoms with Crippen LogP contribution in [-0.2, 0) is 14.8 Å². The van der Waals surface area contributed by atoms with Crippen molar-refractivity contribution in [2.75, 3.05) is 25.4 Å². The second-order valence-electron chi connectivity index (χ2n) is 4.48. The summed E-state index contributed by atoms with van der Waals surface area (Å²) in [6.07, 6.45) is 1.96. The normalized spacial score (nSPS) is 15.7. The molecule has 1 fully saturated rings. The quantitative estimate of drug-likeness (QED) is 0.770. The lowest BCUT2D eigenvalue weighted by Gasteiger charge is -2.15.